The highest BCUT2D eigenvalue weighted by molar-refractivity contribution is 7.14. The Morgan fingerprint density at radius 3 is 2.25 bits per heavy atom. The minimum atomic E-state index is -0.0468. The van der Waals surface area contributed by atoms with Gasteiger partial charge in [0.1, 0.15) is 0 Å². The van der Waals surface area contributed by atoms with Crippen LogP contribution in [0.5, 0.6) is 0 Å². The zero-order valence-electron chi connectivity index (χ0n) is 16.6. The minimum Gasteiger partial charge on any atom is -0.340 e. The number of urea groups is 1. The average Bonchev–Trinajstić information content (AvgIpc) is 3.27. The van der Waals surface area contributed by atoms with E-state index in [4.69, 9.17) is 0 Å². The van der Waals surface area contributed by atoms with Gasteiger partial charge in [0, 0.05) is 51.2 Å². The lowest BCUT2D eigenvalue weighted by Gasteiger charge is -2.42. The maximum atomic E-state index is 13.0. The maximum Gasteiger partial charge on any atom is 0.322 e. The van der Waals surface area contributed by atoms with Crippen LogP contribution in [0.3, 0.4) is 0 Å². The second kappa shape index (κ2) is 9.27. The molecule has 1 aromatic rings. The van der Waals surface area contributed by atoms with Gasteiger partial charge >= 0.3 is 6.03 Å². The fraction of sp³-hybridized carbons (Fsp3) is 0.714. The van der Waals surface area contributed by atoms with Gasteiger partial charge in [-0.2, -0.15) is 0 Å². The molecular formula is C21H32N4O2S. The van der Waals surface area contributed by atoms with Crippen LogP contribution in [0.25, 0.3) is 0 Å². The van der Waals surface area contributed by atoms with Crippen LogP contribution >= 0.6 is 11.3 Å². The van der Waals surface area contributed by atoms with E-state index in [9.17, 15) is 9.59 Å². The number of likely N-dealkylation sites (tertiary alicyclic amines) is 1. The molecule has 1 N–H and O–H groups in total. The summed E-state index contributed by atoms with van der Waals surface area (Å²) in [5.74, 6) is 0.383. The van der Waals surface area contributed by atoms with E-state index in [1.54, 1.807) is 0 Å². The van der Waals surface area contributed by atoms with Gasteiger partial charge in [-0.25, -0.2) is 4.79 Å². The summed E-state index contributed by atoms with van der Waals surface area (Å²) in [6, 6.07) is 4.54. The molecule has 0 atom stereocenters. The van der Waals surface area contributed by atoms with E-state index in [0.717, 1.165) is 50.1 Å². The highest BCUT2D eigenvalue weighted by Gasteiger charge is 2.33. The van der Waals surface area contributed by atoms with Crippen molar-refractivity contribution in [3.8, 4) is 0 Å². The Balaban J connectivity index is 1.20. The van der Waals surface area contributed by atoms with Crippen molar-refractivity contribution in [2.75, 3.05) is 44.6 Å². The van der Waals surface area contributed by atoms with Crippen molar-refractivity contribution in [2.45, 2.75) is 51.0 Å². The smallest absolute Gasteiger partial charge is 0.322 e. The maximum absolute atomic E-state index is 13.0. The molecule has 4 rings (SSSR count). The predicted molar refractivity (Wildman–Crippen MR) is 113 cm³/mol. The third-order valence-corrected chi connectivity index (χ3v) is 7.39. The fourth-order valence-corrected chi connectivity index (χ4v) is 5.48. The van der Waals surface area contributed by atoms with Crippen molar-refractivity contribution in [1.82, 2.24) is 14.7 Å². The van der Waals surface area contributed by atoms with Crippen molar-refractivity contribution >= 4 is 28.3 Å². The number of anilines is 1. The first kappa shape index (κ1) is 19.7. The van der Waals surface area contributed by atoms with Crippen molar-refractivity contribution in [3.63, 3.8) is 0 Å². The summed E-state index contributed by atoms with van der Waals surface area (Å²) < 4.78 is 0. The van der Waals surface area contributed by atoms with Crippen LogP contribution in [0.4, 0.5) is 9.80 Å². The van der Waals surface area contributed by atoms with Gasteiger partial charge in [-0.3, -0.25) is 15.0 Å². The Kier molecular flexibility index (Phi) is 6.52. The summed E-state index contributed by atoms with van der Waals surface area (Å²) in [7, 11) is 0. The van der Waals surface area contributed by atoms with E-state index in [2.05, 4.69) is 15.1 Å². The summed E-state index contributed by atoms with van der Waals surface area (Å²) in [5.41, 5.74) is 0. The normalized spacial score (nSPS) is 23.0. The van der Waals surface area contributed by atoms with Gasteiger partial charge < -0.3 is 9.80 Å². The first-order valence-corrected chi connectivity index (χ1v) is 11.7. The van der Waals surface area contributed by atoms with Crippen LogP contribution in [0, 0.1) is 5.92 Å². The third kappa shape index (κ3) is 4.69. The van der Waals surface area contributed by atoms with Crippen LogP contribution in [-0.4, -0.2) is 71.9 Å². The van der Waals surface area contributed by atoms with Gasteiger partial charge in [0.05, 0.1) is 5.00 Å². The van der Waals surface area contributed by atoms with E-state index in [0.29, 0.717) is 19.0 Å². The SMILES string of the molecule is O=C(Nc1cccs1)N1CCC(C(=O)N2CCN(C3CCCCC3)CC2)CC1. The number of amides is 3. The minimum absolute atomic E-state index is 0.0468. The number of carbonyl (C=O) groups excluding carboxylic acids is 2. The number of hydrogen-bond acceptors (Lipinski definition) is 4. The molecule has 1 aliphatic carbocycles. The summed E-state index contributed by atoms with van der Waals surface area (Å²) >= 11 is 1.53. The molecule has 3 fully saturated rings. The highest BCUT2D eigenvalue weighted by atomic mass is 32.1. The molecule has 28 heavy (non-hydrogen) atoms. The zero-order valence-corrected chi connectivity index (χ0v) is 17.5. The lowest BCUT2D eigenvalue weighted by molar-refractivity contribution is -0.139. The monoisotopic (exact) mass is 404 g/mol. The number of nitrogens with zero attached hydrogens (tertiary/aromatic N) is 3. The first-order chi connectivity index (χ1) is 13.7. The molecule has 0 aromatic carbocycles. The molecule has 1 aromatic heterocycles. The lowest BCUT2D eigenvalue weighted by Crippen LogP contribution is -2.54. The fourth-order valence-electron chi connectivity index (χ4n) is 4.88. The number of rotatable bonds is 3. The van der Waals surface area contributed by atoms with Gasteiger partial charge in [-0.1, -0.05) is 19.3 Å². The van der Waals surface area contributed by atoms with E-state index in [-0.39, 0.29) is 11.9 Å². The molecule has 0 unspecified atom stereocenters. The average molecular weight is 405 g/mol. The van der Waals surface area contributed by atoms with Crippen LogP contribution in [0.1, 0.15) is 44.9 Å². The molecule has 3 heterocycles. The van der Waals surface area contributed by atoms with Gasteiger partial charge in [-0.05, 0) is 43.2 Å². The predicted octanol–water partition coefficient (Wildman–Crippen LogP) is 3.47. The summed E-state index contributed by atoms with van der Waals surface area (Å²) in [6.45, 7) is 5.12. The molecule has 0 bridgehead atoms. The number of piperazine rings is 1. The largest absolute Gasteiger partial charge is 0.340 e. The Labute approximate surface area is 171 Å². The number of piperidine rings is 1. The number of thiophene rings is 1. The van der Waals surface area contributed by atoms with E-state index in [1.165, 1.54) is 43.4 Å². The first-order valence-electron chi connectivity index (χ1n) is 10.8. The van der Waals surface area contributed by atoms with E-state index < -0.39 is 0 Å². The second-order valence-corrected chi connectivity index (χ2v) is 9.27. The third-order valence-electron chi connectivity index (χ3n) is 6.60. The molecule has 1 saturated carbocycles. The molecule has 2 saturated heterocycles. The van der Waals surface area contributed by atoms with Gasteiger partial charge in [-0.15, -0.1) is 11.3 Å². The van der Waals surface area contributed by atoms with Crippen molar-refractivity contribution in [3.05, 3.63) is 17.5 Å². The van der Waals surface area contributed by atoms with Crippen LogP contribution in [-0.2, 0) is 4.79 Å². The summed E-state index contributed by atoms with van der Waals surface area (Å²) in [5, 5.41) is 5.77. The molecule has 2 aliphatic heterocycles. The topological polar surface area (TPSA) is 55.9 Å². The van der Waals surface area contributed by atoms with Crippen LogP contribution in [0.15, 0.2) is 17.5 Å². The number of nitrogens with one attached hydrogen (secondary N) is 1. The Morgan fingerprint density at radius 1 is 0.893 bits per heavy atom. The standard InChI is InChI=1S/C21H32N4O2S/c26-20(24-14-12-23(13-15-24)18-5-2-1-3-6-18)17-8-10-25(11-9-17)21(27)22-19-7-4-16-28-19/h4,7,16-18H,1-3,5-6,8-15H2,(H,22,27). The Bertz CT molecular complexity index is 643. The summed E-state index contributed by atoms with van der Waals surface area (Å²) in [6.07, 6.45) is 8.34. The Hall–Kier alpha value is -1.60. The van der Waals surface area contributed by atoms with E-state index in [1.807, 2.05) is 22.4 Å². The number of hydrogen-bond donors (Lipinski definition) is 1. The Morgan fingerprint density at radius 2 is 1.61 bits per heavy atom. The van der Waals surface area contributed by atoms with Crippen LogP contribution < -0.4 is 5.32 Å². The highest BCUT2D eigenvalue weighted by Crippen LogP contribution is 2.25. The van der Waals surface area contributed by atoms with Gasteiger partial charge in [0.15, 0.2) is 0 Å². The molecule has 3 amide bonds. The van der Waals surface area contributed by atoms with Gasteiger partial charge in [0.25, 0.3) is 0 Å². The second-order valence-electron chi connectivity index (χ2n) is 8.32. The molecular weight excluding hydrogens is 372 g/mol. The quantitative estimate of drug-likeness (QED) is 0.839. The molecule has 0 spiro atoms. The molecule has 6 nitrogen and oxygen atoms in total. The summed E-state index contributed by atoms with van der Waals surface area (Å²) in [4.78, 5) is 31.8. The molecule has 154 valence electrons. The molecule has 3 aliphatic rings. The zero-order chi connectivity index (χ0) is 19.3. The van der Waals surface area contributed by atoms with Crippen molar-refractivity contribution < 1.29 is 9.59 Å². The van der Waals surface area contributed by atoms with Crippen LogP contribution in [0.2, 0.25) is 0 Å². The van der Waals surface area contributed by atoms with Crippen molar-refractivity contribution in [2.24, 2.45) is 5.92 Å². The molecule has 7 heteroatoms. The van der Waals surface area contributed by atoms with Gasteiger partial charge in [0.2, 0.25) is 5.91 Å². The number of carbonyl (C=O) groups is 2. The molecule has 0 radical (unpaired) electrons. The van der Waals surface area contributed by atoms with Crippen molar-refractivity contribution in [1.29, 1.82) is 0 Å². The lowest BCUT2D eigenvalue weighted by atomic mass is 9.93. The van der Waals surface area contributed by atoms with E-state index >= 15 is 0 Å².